The van der Waals surface area contributed by atoms with E-state index in [9.17, 15) is 0 Å². The lowest BCUT2D eigenvalue weighted by molar-refractivity contribution is 0.148. The van der Waals surface area contributed by atoms with Gasteiger partial charge in [-0.3, -0.25) is 5.41 Å². The predicted molar refractivity (Wildman–Crippen MR) is 96.9 cm³/mol. The molecule has 2 fully saturated rings. The number of piperidine rings is 2. The molecule has 4 N–H and O–H groups in total. The number of rotatable bonds is 6. The standard InChI is InChI=1S/C17H36N6/c1-14(2)23-11-4-15(5-12-23)20-8-13-22-9-6-16(7-10-22)21(3)17(18)19/h14-16,20H,4-13H2,1-3H3,(H3,18,19). The molecule has 0 aliphatic carbocycles. The molecular weight excluding hydrogens is 288 g/mol. The summed E-state index contributed by atoms with van der Waals surface area (Å²) in [6, 6.07) is 1.83. The lowest BCUT2D eigenvalue weighted by Crippen LogP contribution is -2.49. The number of nitrogens with two attached hydrogens (primary N) is 1. The Bertz CT molecular complexity index is 356. The van der Waals surface area contributed by atoms with Crippen LogP contribution in [0.1, 0.15) is 39.5 Å². The first kappa shape index (κ1) is 18.5. The molecule has 2 rings (SSSR count). The molecule has 0 atom stereocenters. The van der Waals surface area contributed by atoms with E-state index in [0.717, 1.165) is 39.0 Å². The van der Waals surface area contributed by atoms with Gasteiger partial charge in [0.05, 0.1) is 0 Å². The Kier molecular flexibility index (Phi) is 7.11. The van der Waals surface area contributed by atoms with Crippen molar-refractivity contribution in [1.82, 2.24) is 20.0 Å². The van der Waals surface area contributed by atoms with E-state index in [1.54, 1.807) is 0 Å². The summed E-state index contributed by atoms with van der Waals surface area (Å²) in [7, 11) is 1.94. The number of nitrogens with one attached hydrogen (secondary N) is 2. The normalized spacial score (nSPS) is 22.6. The Hall–Kier alpha value is -0.850. The maximum atomic E-state index is 7.53. The van der Waals surface area contributed by atoms with Crippen LogP contribution in [-0.2, 0) is 0 Å². The molecule has 134 valence electrons. The minimum atomic E-state index is 0.192. The van der Waals surface area contributed by atoms with E-state index in [1.807, 2.05) is 11.9 Å². The van der Waals surface area contributed by atoms with E-state index in [1.165, 1.54) is 25.9 Å². The lowest BCUT2D eigenvalue weighted by atomic mass is 10.0. The summed E-state index contributed by atoms with van der Waals surface area (Å²) < 4.78 is 0. The Morgan fingerprint density at radius 2 is 1.78 bits per heavy atom. The number of nitrogens with zero attached hydrogens (tertiary/aromatic N) is 3. The molecule has 6 heteroatoms. The molecule has 0 spiro atoms. The van der Waals surface area contributed by atoms with Crippen molar-refractivity contribution in [2.24, 2.45) is 5.73 Å². The van der Waals surface area contributed by atoms with Crippen molar-refractivity contribution in [3.05, 3.63) is 0 Å². The second kappa shape index (κ2) is 8.85. The van der Waals surface area contributed by atoms with Crippen molar-refractivity contribution >= 4 is 5.96 Å². The first-order valence-corrected chi connectivity index (χ1v) is 9.24. The van der Waals surface area contributed by atoms with Gasteiger partial charge in [-0.1, -0.05) is 0 Å². The number of guanidine groups is 1. The summed E-state index contributed by atoms with van der Waals surface area (Å²) in [6.45, 7) is 11.5. The highest BCUT2D eigenvalue weighted by Crippen LogP contribution is 2.15. The number of hydrogen-bond donors (Lipinski definition) is 3. The quantitative estimate of drug-likeness (QED) is 0.496. The van der Waals surface area contributed by atoms with Gasteiger partial charge in [0, 0.05) is 51.4 Å². The molecule has 0 saturated carbocycles. The Labute approximate surface area is 141 Å². The van der Waals surface area contributed by atoms with Gasteiger partial charge in [-0.15, -0.1) is 0 Å². The molecule has 0 radical (unpaired) electrons. The summed E-state index contributed by atoms with van der Waals surface area (Å²) in [6.07, 6.45) is 4.79. The fraction of sp³-hybridized carbons (Fsp3) is 0.941. The summed E-state index contributed by atoms with van der Waals surface area (Å²) in [5.41, 5.74) is 5.57. The average molecular weight is 325 g/mol. The van der Waals surface area contributed by atoms with E-state index < -0.39 is 0 Å². The summed E-state index contributed by atoms with van der Waals surface area (Å²) >= 11 is 0. The smallest absolute Gasteiger partial charge is 0.188 e. The highest BCUT2D eigenvalue weighted by atomic mass is 15.3. The zero-order chi connectivity index (χ0) is 16.8. The first-order valence-electron chi connectivity index (χ1n) is 9.24. The minimum absolute atomic E-state index is 0.192. The van der Waals surface area contributed by atoms with E-state index >= 15 is 0 Å². The third-order valence-corrected chi connectivity index (χ3v) is 5.61. The van der Waals surface area contributed by atoms with Crippen molar-refractivity contribution in [3.8, 4) is 0 Å². The van der Waals surface area contributed by atoms with Crippen LogP contribution in [-0.4, -0.2) is 85.1 Å². The van der Waals surface area contributed by atoms with Crippen LogP contribution in [0.2, 0.25) is 0 Å². The van der Waals surface area contributed by atoms with Gasteiger partial charge in [0.2, 0.25) is 0 Å². The monoisotopic (exact) mass is 324 g/mol. The van der Waals surface area contributed by atoms with Gasteiger partial charge in [-0.05, 0) is 52.6 Å². The van der Waals surface area contributed by atoms with Crippen LogP contribution >= 0.6 is 0 Å². The Morgan fingerprint density at radius 1 is 1.17 bits per heavy atom. The van der Waals surface area contributed by atoms with Gasteiger partial charge in [-0.25, -0.2) is 0 Å². The van der Waals surface area contributed by atoms with Crippen molar-refractivity contribution in [2.75, 3.05) is 46.3 Å². The topological polar surface area (TPSA) is 71.6 Å². The zero-order valence-electron chi connectivity index (χ0n) is 15.2. The second-order valence-corrected chi connectivity index (χ2v) is 7.43. The molecule has 2 heterocycles. The molecule has 0 unspecified atom stereocenters. The van der Waals surface area contributed by atoms with E-state index in [2.05, 4.69) is 29.0 Å². The molecule has 2 aliphatic rings. The van der Waals surface area contributed by atoms with E-state index in [-0.39, 0.29) is 5.96 Å². The molecule has 6 nitrogen and oxygen atoms in total. The fourth-order valence-electron chi connectivity index (χ4n) is 3.77. The molecule has 0 aromatic rings. The number of hydrogen-bond acceptors (Lipinski definition) is 4. The predicted octanol–water partition coefficient (Wildman–Crippen LogP) is 0.738. The van der Waals surface area contributed by atoms with Gasteiger partial charge in [0.25, 0.3) is 0 Å². The molecule has 0 aromatic carbocycles. The van der Waals surface area contributed by atoms with Gasteiger partial charge < -0.3 is 25.8 Å². The van der Waals surface area contributed by atoms with Crippen molar-refractivity contribution in [3.63, 3.8) is 0 Å². The van der Waals surface area contributed by atoms with Crippen molar-refractivity contribution in [2.45, 2.75) is 57.7 Å². The Morgan fingerprint density at radius 3 is 2.30 bits per heavy atom. The molecular formula is C17H36N6. The Balaban J connectivity index is 1.57. The molecule has 23 heavy (non-hydrogen) atoms. The zero-order valence-corrected chi connectivity index (χ0v) is 15.2. The summed E-state index contributed by atoms with van der Waals surface area (Å²) in [5, 5.41) is 11.3. The van der Waals surface area contributed by atoms with Gasteiger partial charge in [-0.2, -0.15) is 0 Å². The maximum absolute atomic E-state index is 7.53. The van der Waals surface area contributed by atoms with Crippen molar-refractivity contribution < 1.29 is 0 Å². The van der Waals surface area contributed by atoms with Crippen LogP contribution in [0.15, 0.2) is 0 Å². The van der Waals surface area contributed by atoms with Crippen molar-refractivity contribution in [1.29, 1.82) is 5.41 Å². The lowest BCUT2D eigenvalue weighted by Gasteiger charge is -2.38. The number of likely N-dealkylation sites (tertiary alicyclic amines) is 2. The van der Waals surface area contributed by atoms with E-state index in [4.69, 9.17) is 11.1 Å². The van der Waals surface area contributed by atoms with Crippen LogP contribution in [0.5, 0.6) is 0 Å². The van der Waals surface area contributed by atoms with Crippen LogP contribution < -0.4 is 11.1 Å². The second-order valence-electron chi connectivity index (χ2n) is 7.43. The highest BCUT2D eigenvalue weighted by molar-refractivity contribution is 5.74. The fourth-order valence-corrected chi connectivity index (χ4v) is 3.77. The van der Waals surface area contributed by atoms with Crippen LogP contribution in [0.4, 0.5) is 0 Å². The average Bonchev–Trinajstić information content (AvgIpc) is 2.55. The SMILES string of the molecule is CC(C)N1CCC(NCCN2CCC(N(C)C(=N)N)CC2)CC1. The third-order valence-electron chi connectivity index (χ3n) is 5.61. The first-order chi connectivity index (χ1) is 11.0. The third kappa shape index (κ3) is 5.62. The van der Waals surface area contributed by atoms with Gasteiger partial charge >= 0.3 is 0 Å². The van der Waals surface area contributed by atoms with Crippen LogP contribution in [0, 0.1) is 5.41 Å². The van der Waals surface area contributed by atoms with Crippen LogP contribution in [0.25, 0.3) is 0 Å². The molecule has 0 aromatic heterocycles. The van der Waals surface area contributed by atoms with Crippen LogP contribution in [0.3, 0.4) is 0 Å². The summed E-state index contributed by atoms with van der Waals surface area (Å²) in [5.74, 6) is 0.192. The molecule has 2 aliphatic heterocycles. The van der Waals surface area contributed by atoms with Gasteiger partial charge in [0.15, 0.2) is 5.96 Å². The van der Waals surface area contributed by atoms with E-state index in [0.29, 0.717) is 18.1 Å². The minimum Gasteiger partial charge on any atom is -0.370 e. The van der Waals surface area contributed by atoms with Gasteiger partial charge in [0.1, 0.15) is 0 Å². The molecule has 0 bridgehead atoms. The maximum Gasteiger partial charge on any atom is 0.188 e. The largest absolute Gasteiger partial charge is 0.370 e. The highest BCUT2D eigenvalue weighted by Gasteiger charge is 2.24. The molecule has 0 amide bonds. The summed E-state index contributed by atoms with van der Waals surface area (Å²) in [4.78, 5) is 7.04. The molecule has 2 saturated heterocycles.